The maximum Gasteiger partial charge on any atom is 0.337 e. The van der Waals surface area contributed by atoms with E-state index in [2.05, 4.69) is 0 Å². The average Bonchev–Trinajstić information content (AvgIpc) is 3.17. The summed E-state index contributed by atoms with van der Waals surface area (Å²) in [5, 5.41) is 0. The Morgan fingerprint density at radius 3 is 2.20 bits per heavy atom. The van der Waals surface area contributed by atoms with Gasteiger partial charge >= 0.3 is 5.97 Å². The molecule has 4 aromatic rings. The molecule has 1 heterocycles. The molecule has 0 N–H and O–H groups in total. The second kappa shape index (κ2) is 9.39. The number of amides is 1. The Labute approximate surface area is 202 Å². The molecule has 4 nitrogen and oxygen atoms in total. The van der Waals surface area contributed by atoms with Gasteiger partial charge in [-0.25, -0.2) is 9.18 Å². The first kappa shape index (κ1) is 22.3. The summed E-state index contributed by atoms with van der Waals surface area (Å²) in [6, 6.07) is 30.6. The van der Waals surface area contributed by atoms with Gasteiger partial charge in [-0.05, 0) is 47.0 Å². The normalized spacial score (nSPS) is 14.0. The number of hydrogen-bond donors (Lipinski definition) is 0. The first-order chi connectivity index (χ1) is 17.1. The summed E-state index contributed by atoms with van der Waals surface area (Å²) in [5.74, 6) is -0.919. The zero-order valence-corrected chi connectivity index (χ0v) is 19.1. The Morgan fingerprint density at radius 1 is 0.800 bits per heavy atom. The summed E-state index contributed by atoms with van der Waals surface area (Å²) in [6.07, 6.45) is 0. The maximum atomic E-state index is 14.0. The predicted molar refractivity (Wildman–Crippen MR) is 134 cm³/mol. The van der Waals surface area contributed by atoms with Crippen molar-refractivity contribution in [2.45, 2.75) is 6.54 Å². The molecule has 0 saturated heterocycles. The quantitative estimate of drug-likeness (QED) is 0.265. The van der Waals surface area contributed by atoms with E-state index in [1.54, 1.807) is 35.2 Å². The summed E-state index contributed by atoms with van der Waals surface area (Å²) in [5.41, 5.74) is 5.75. The highest BCUT2D eigenvalue weighted by Crippen LogP contribution is 2.43. The van der Waals surface area contributed by atoms with E-state index in [0.29, 0.717) is 11.1 Å². The molecule has 172 valence electrons. The molecule has 0 fully saturated rings. The van der Waals surface area contributed by atoms with Gasteiger partial charge in [0.05, 0.1) is 30.5 Å². The van der Waals surface area contributed by atoms with Gasteiger partial charge in [-0.3, -0.25) is 4.79 Å². The van der Waals surface area contributed by atoms with E-state index < -0.39 is 5.97 Å². The molecular formula is C30H22FNO3. The number of ether oxygens (including phenoxy) is 1. The van der Waals surface area contributed by atoms with Crippen LogP contribution in [0.5, 0.6) is 0 Å². The van der Waals surface area contributed by atoms with Gasteiger partial charge in [0.1, 0.15) is 5.82 Å². The van der Waals surface area contributed by atoms with Gasteiger partial charge in [-0.1, -0.05) is 72.8 Å². The van der Waals surface area contributed by atoms with Gasteiger partial charge < -0.3 is 9.64 Å². The molecule has 0 aromatic heterocycles. The Kier molecular flexibility index (Phi) is 5.98. The van der Waals surface area contributed by atoms with Crippen LogP contribution in [0.4, 0.5) is 10.1 Å². The monoisotopic (exact) mass is 463 g/mol. The number of carbonyl (C=O) groups is 2. The second-order valence-corrected chi connectivity index (χ2v) is 8.22. The van der Waals surface area contributed by atoms with Crippen molar-refractivity contribution < 1.29 is 18.7 Å². The molecule has 0 aliphatic carbocycles. The molecule has 1 aliphatic rings. The number of esters is 1. The van der Waals surface area contributed by atoms with E-state index >= 15 is 0 Å². The van der Waals surface area contributed by atoms with Crippen molar-refractivity contribution in [1.82, 2.24) is 0 Å². The second-order valence-electron chi connectivity index (χ2n) is 8.22. The fourth-order valence-electron chi connectivity index (χ4n) is 4.45. The van der Waals surface area contributed by atoms with Gasteiger partial charge in [0.2, 0.25) is 0 Å². The average molecular weight is 464 g/mol. The maximum absolute atomic E-state index is 14.0. The molecule has 1 aliphatic heterocycles. The van der Waals surface area contributed by atoms with Crippen LogP contribution in [0.3, 0.4) is 0 Å². The standard InChI is InChI=1S/C30H22FNO3/c1-35-30(34)23-11-7-8-20(18-23)19-32-26-13-6-5-12-25(26)28(29(32)33)27(21-9-3-2-4-10-21)22-14-16-24(31)17-15-22/h2-18H,19H2,1H3. The first-order valence-electron chi connectivity index (χ1n) is 11.2. The van der Waals surface area contributed by atoms with Crippen LogP contribution in [-0.2, 0) is 16.1 Å². The van der Waals surface area contributed by atoms with Crippen molar-refractivity contribution in [3.05, 3.63) is 137 Å². The lowest BCUT2D eigenvalue weighted by atomic mass is 9.90. The molecule has 5 heteroatoms. The van der Waals surface area contributed by atoms with E-state index in [-0.39, 0.29) is 18.3 Å². The minimum absolute atomic E-state index is 0.155. The van der Waals surface area contributed by atoms with Crippen molar-refractivity contribution in [2.24, 2.45) is 0 Å². The number of hydrogen-bond acceptors (Lipinski definition) is 3. The number of fused-ring (bicyclic) bond motifs is 1. The molecule has 5 rings (SSSR count). The number of anilines is 1. The summed E-state index contributed by atoms with van der Waals surface area (Å²) >= 11 is 0. The van der Waals surface area contributed by atoms with Crippen molar-refractivity contribution in [3.8, 4) is 0 Å². The Hall–Kier alpha value is -4.51. The van der Waals surface area contributed by atoms with Crippen LogP contribution in [0, 0.1) is 5.82 Å². The number of methoxy groups -OCH3 is 1. The van der Waals surface area contributed by atoms with E-state index in [4.69, 9.17) is 4.74 Å². The molecule has 0 radical (unpaired) electrons. The topological polar surface area (TPSA) is 46.6 Å². The number of para-hydroxylation sites is 1. The lowest BCUT2D eigenvalue weighted by Crippen LogP contribution is -2.26. The fourth-order valence-corrected chi connectivity index (χ4v) is 4.45. The molecule has 0 spiro atoms. The molecule has 0 saturated carbocycles. The van der Waals surface area contributed by atoms with E-state index in [0.717, 1.165) is 33.5 Å². The van der Waals surface area contributed by atoms with Gasteiger partial charge in [0.25, 0.3) is 5.91 Å². The number of halogens is 1. The van der Waals surface area contributed by atoms with E-state index in [1.165, 1.54) is 19.2 Å². The van der Waals surface area contributed by atoms with Gasteiger partial charge in [0.15, 0.2) is 0 Å². The summed E-state index contributed by atoms with van der Waals surface area (Å²) in [7, 11) is 1.34. The van der Waals surface area contributed by atoms with Crippen molar-refractivity contribution in [3.63, 3.8) is 0 Å². The predicted octanol–water partition coefficient (Wildman–Crippen LogP) is 6.12. The van der Waals surface area contributed by atoms with Crippen LogP contribution in [0.1, 0.15) is 32.6 Å². The van der Waals surface area contributed by atoms with Crippen LogP contribution >= 0.6 is 0 Å². The number of rotatable bonds is 5. The Morgan fingerprint density at radius 2 is 1.46 bits per heavy atom. The summed E-state index contributed by atoms with van der Waals surface area (Å²) in [4.78, 5) is 27.7. The largest absolute Gasteiger partial charge is 0.465 e. The molecule has 0 atom stereocenters. The molecule has 1 amide bonds. The molecule has 0 unspecified atom stereocenters. The van der Waals surface area contributed by atoms with Crippen LogP contribution in [0.2, 0.25) is 0 Å². The van der Waals surface area contributed by atoms with E-state index in [1.807, 2.05) is 60.7 Å². The van der Waals surface area contributed by atoms with Gasteiger partial charge in [0, 0.05) is 11.1 Å². The van der Waals surface area contributed by atoms with Crippen LogP contribution < -0.4 is 4.90 Å². The highest BCUT2D eigenvalue weighted by molar-refractivity contribution is 6.38. The third-order valence-corrected chi connectivity index (χ3v) is 6.06. The van der Waals surface area contributed by atoms with Crippen molar-refractivity contribution >= 4 is 28.7 Å². The SMILES string of the molecule is COC(=O)c1cccc(CN2C(=O)C(=C(c3ccccc3)c3ccc(F)cc3)c3ccccc32)c1. The number of carbonyl (C=O) groups excluding carboxylic acids is 2. The Bertz CT molecular complexity index is 1440. The molecule has 0 bridgehead atoms. The zero-order chi connectivity index (χ0) is 24.4. The van der Waals surface area contributed by atoms with Crippen LogP contribution in [0.25, 0.3) is 11.1 Å². The van der Waals surface area contributed by atoms with Gasteiger partial charge in [-0.2, -0.15) is 0 Å². The smallest absolute Gasteiger partial charge is 0.337 e. The number of nitrogens with zero attached hydrogens (tertiary/aromatic N) is 1. The minimum Gasteiger partial charge on any atom is -0.465 e. The highest BCUT2D eigenvalue weighted by atomic mass is 19.1. The van der Waals surface area contributed by atoms with Crippen LogP contribution in [-0.4, -0.2) is 19.0 Å². The highest BCUT2D eigenvalue weighted by Gasteiger charge is 2.35. The van der Waals surface area contributed by atoms with Crippen molar-refractivity contribution in [2.75, 3.05) is 12.0 Å². The molecule has 4 aromatic carbocycles. The summed E-state index contributed by atoms with van der Waals surface area (Å²) < 4.78 is 18.6. The third-order valence-electron chi connectivity index (χ3n) is 6.06. The fraction of sp³-hybridized carbons (Fsp3) is 0.0667. The van der Waals surface area contributed by atoms with Crippen molar-refractivity contribution in [1.29, 1.82) is 0 Å². The van der Waals surface area contributed by atoms with Crippen LogP contribution in [0.15, 0.2) is 103 Å². The Balaban J connectivity index is 1.66. The third kappa shape index (κ3) is 4.24. The first-order valence-corrected chi connectivity index (χ1v) is 11.2. The van der Waals surface area contributed by atoms with E-state index in [9.17, 15) is 14.0 Å². The lowest BCUT2D eigenvalue weighted by molar-refractivity contribution is -0.113. The molecular weight excluding hydrogens is 441 g/mol. The molecule has 35 heavy (non-hydrogen) atoms. The summed E-state index contributed by atoms with van der Waals surface area (Å²) in [6.45, 7) is 0.287. The minimum atomic E-state index is -0.428. The number of benzene rings is 4. The zero-order valence-electron chi connectivity index (χ0n) is 19.1. The lowest BCUT2D eigenvalue weighted by Gasteiger charge is -2.18. The van der Waals surface area contributed by atoms with Gasteiger partial charge in [-0.15, -0.1) is 0 Å².